The number of furan rings is 1. The van der Waals surface area contributed by atoms with Gasteiger partial charge >= 0.3 is 6.03 Å². The van der Waals surface area contributed by atoms with E-state index < -0.39 is 0 Å². The Morgan fingerprint density at radius 2 is 2.15 bits per heavy atom. The molecule has 1 saturated carbocycles. The van der Waals surface area contributed by atoms with Crippen molar-refractivity contribution in [2.24, 2.45) is 0 Å². The lowest BCUT2D eigenvalue weighted by molar-refractivity contribution is 0.236. The van der Waals surface area contributed by atoms with Crippen molar-refractivity contribution in [1.82, 2.24) is 10.6 Å². The maximum absolute atomic E-state index is 11.7. The Labute approximate surface area is 122 Å². The highest BCUT2D eigenvalue weighted by Gasteiger charge is 2.16. The summed E-state index contributed by atoms with van der Waals surface area (Å²) in [5.74, 6) is 1.63. The summed E-state index contributed by atoms with van der Waals surface area (Å²) >= 11 is 1.64. The second kappa shape index (κ2) is 6.13. The van der Waals surface area contributed by atoms with Crippen LogP contribution in [0.2, 0.25) is 0 Å². The molecule has 4 nitrogen and oxygen atoms in total. The second-order valence-electron chi connectivity index (χ2n) is 5.05. The molecule has 2 aromatic rings. The zero-order valence-corrected chi connectivity index (χ0v) is 12.0. The van der Waals surface area contributed by atoms with Crippen molar-refractivity contribution in [2.45, 2.75) is 38.3 Å². The fourth-order valence-electron chi connectivity index (χ4n) is 2.50. The van der Waals surface area contributed by atoms with Crippen LogP contribution in [0, 0.1) is 0 Å². The first kappa shape index (κ1) is 13.2. The lowest BCUT2D eigenvalue weighted by Gasteiger charge is -2.12. The van der Waals surface area contributed by atoms with E-state index in [1.165, 1.54) is 12.8 Å². The van der Waals surface area contributed by atoms with Crippen LogP contribution >= 0.6 is 11.3 Å². The first-order valence-corrected chi connectivity index (χ1v) is 7.86. The van der Waals surface area contributed by atoms with Gasteiger partial charge in [0, 0.05) is 6.04 Å². The summed E-state index contributed by atoms with van der Waals surface area (Å²) in [6, 6.07) is 8.10. The van der Waals surface area contributed by atoms with Gasteiger partial charge in [-0.2, -0.15) is 0 Å². The van der Waals surface area contributed by atoms with Crippen LogP contribution in [0.15, 0.2) is 34.1 Å². The molecule has 0 saturated heterocycles. The summed E-state index contributed by atoms with van der Waals surface area (Å²) < 4.78 is 5.72. The minimum Gasteiger partial charge on any atom is -0.458 e. The highest BCUT2D eigenvalue weighted by atomic mass is 32.1. The fraction of sp³-hybridized carbons (Fsp3) is 0.400. The van der Waals surface area contributed by atoms with E-state index in [-0.39, 0.29) is 6.03 Å². The number of hydrogen-bond donors (Lipinski definition) is 2. The summed E-state index contributed by atoms with van der Waals surface area (Å²) in [6.07, 6.45) is 4.62. The van der Waals surface area contributed by atoms with Crippen molar-refractivity contribution >= 4 is 17.4 Å². The number of carbonyl (C=O) groups excluding carboxylic acids is 1. The predicted molar refractivity (Wildman–Crippen MR) is 79.6 cm³/mol. The van der Waals surface area contributed by atoms with Gasteiger partial charge in [-0.15, -0.1) is 11.3 Å². The molecule has 0 bridgehead atoms. The average molecular weight is 290 g/mol. The smallest absolute Gasteiger partial charge is 0.315 e. The summed E-state index contributed by atoms with van der Waals surface area (Å²) in [6.45, 7) is 0.421. The number of hydrogen-bond acceptors (Lipinski definition) is 3. The zero-order chi connectivity index (χ0) is 13.8. The van der Waals surface area contributed by atoms with Crippen LogP contribution in [0.3, 0.4) is 0 Å². The normalized spacial score (nSPS) is 15.4. The number of thiophene rings is 1. The van der Waals surface area contributed by atoms with Gasteiger partial charge in [0.05, 0.1) is 11.4 Å². The molecule has 0 aliphatic heterocycles. The molecule has 2 heterocycles. The van der Waals surface area contributed by atoms with Crippen molar-refractivity contribution in [1.29, 1.82) is 0 Å². The highest BCUT2D eigenvalue weighted by Crippen LogP contribution is 2.26. The molecule has 0 atom stereocenters. The van der Waals surface area contributed by atoms with Gasteiger partial charge in [-0.25, -0.2) is 4.79 Å². The van der Waals surface area contributed by atoms with Gasteiger partial charge in [0.2, 0.25) is 0 Å². The first-order valence-electron chi connectivity index (χ1n) is 6.98. The summed E-state index contributed by atoms with van der Waals surface area (Å²) in [5.41, 5.74) is 0. The second-order valence-corrected chi connectivity index (χ2v) is 6.00. The molecule has 1 aliphatic carbocycles. The largest absolute Gasteiger partial charge is 0.458 e. The standard InChI is InChI=1S/C15H18N2O2S/c18-15(17-11-4-1-2-5-11)16-10-12-7-8-13(19-12)14-6-3-9-20-14/h3,6-9,11H,1-2,4-5,10H2,(H2,16,17,18). The molecule has 0 unspecified atom stereocenters. The van der Waals surface area contributed by atoms with Crippen LogP contribution in [-0.2, 0) is 6.54 Å². The quantitative estimate of drug-likeness (QED) is 0.901. The van der Waals surface area contributed by atoms with Crippen LogP contribution in [0.4, 0.5) is 4.79 Å². The molecule has 2 amide bonds. The van der Waals surface area contributed by atoms with E-state index in [0.29, 0.717) is 12.6 Å². The molecule has 2 aromatic heterocycles. The molecular formula is C15H18N2O2S. The van der Waals surface area contributed by atoms with E-state index in [1.807, 2.05) is 29.6 Å². The van der Waals surface area contributed by atoms with Gasteiger partial charge in [0.15, 0.2) is 0 Å². The average Bonchev–Trinajstić information content (AvgIpc) is 3.18. The van der Waals surface area contributed by atoms with E-state index in [9.17, 15) is 4.79 Å². The molecule has 0 aromatic carbocycles. The minimum atomic E-state index is -0.106. The van der Waals surface area contributed by atoms with E-state index >= 15 is 0 Å². The molecule has 3 rings (SSSR count). The Morgan fingerprint density at radius 3 is 2.90 bits per heavy atom. The van der Waals surface area contributed by atoms with Crippen molar-refractivity contribution in [2.75, 3.05) is 0 Å². The first-order chi connectivity index (χ1) is 9.81. The molecule has 1 aliphatic rings. The number of nitrogens with one attached hydrogen (secondary N) is 2. The van der Waals surface area contributed by atoms with E-state index in [2.05, 4.69) is 10.6 Å². The van der Waals surface area contributed by atoms with Crippen LogP contribution in [-0.4, -0.2) is 12.1 Å². The molecule has 0 spiro atoms. The molecule has 1 fully saturated rings. The van der Waals surface area contributed by atoms with Gasteiger partial charge in [-0.3, -0.25) is 0 Å². The molecule has 0 radical (unpaired) electrons. The summed E-state index contributed by atoms with van der Waals surface area (Å²) in [4.78, 5) is 12.8. The van der Waals surface area contributed by atoms with Crippen molar-refractivity contribution in [3.63, 3.8) is 0 Å². The molecule has 106 valence electrons. The zero-order valence-electron chi connectivity index (χ0n) is 11.2. The molecule has 20 heavy (non-hydrogen) atoms. The third-order valence-corrected chi connectivity index (χ3v) is 4.42. The van der Waals surface area contributed by atoms with Gasteiger partial charge in [0.1, 0.15) is 11.5 Å². The Bertz CT molecular complexity index is 556. The predicted octanol–water partition coefficient (Wildman–Crippen LogP) is 3.75. The highest BCUT2D eigenvalue weighted by molar-refractivity contribution is 7.13. The van der Waals surface area contributed by atoms with Crippen LogP contribution in [0.1, 0.15) is 31.4 Å². The third-order valence-electron chi connectivity index (χ3n) is 3.54. The maximum atomic E-state index is 11.7. The fourth-order valence-corrected chi connectivity index (χ4v) is 3.18. The Balaban J connectivity index is 1.49. The van der Waals surface area contributed by atoms with E-state index in [0.717, 1.165) is 29.2 Å². The van der Waals surface area contributed by atoms with Crippen molar-refractivity contribution < 1.29 is 9.21 Å². The SMILES string of the molecule is O=C(NCc1ccc(-c2cccs2)o1)NC1CCCC1. The van der Waals surface area contributed by atoms with Crippen molar-refractivity contribution in [3.8, 4) is 10.6 Å². The number of amides is 2. The van der Waals surface area contributed by atoms with Crippen LogP contribution in [0.25, 0.3) is 10.6 Å². The molecular weight excluding hydrogens is 272 g/mol. The monoisotopic (exact) mass is 290 g/mol. The Hall–Kier alpha value is -1.75. The summed E-state index contributed by atoms with van der Waals surface area (Å²) in [7, 11) is 0. The Kier molecular flexibility index (Phi) is 4.06. The molecule has 2 N–H and O–H groups in total. The third kappa shape index (κ3) is 3.22. The topological polar surface area (TPSA) is 54.3 Å². The van der Waals surface area contributed by atoms with Crippen molar-refractivity contribution in [3.05, 3.63) is 35.4 Å². The Morgan fingerprint density at radius 1 is 1.30 bits per heavy atom. The minimum absolute atomic E-state index is 0.106. The van der Waals surface area contributed by atoms with Gasteiger partial charge < -0.3 is 15.1 Å². The number of urea groups is 1. The number of carbonyl (C=O) groups is 1. The lowest BCUT2D eigenvalue weighted by Crippen LogP contribution is -2.40. The van der Waals surface area contributed by atoms with Gasteiger partial charge in [-0.1, -0.05) is 18.9 Å². The van der Waals surface area contributed by atoms with E-state index in [1.54, 1.807) is 11.3 Å². The van der Waals surface area contributed by atoms with Gasteiger partial charge in [0.25, 0.3) is 0 Å². The van der Waals surface area contributed by atoms with E-state index in [4.69, 9.17) is 4.42 Å². The van der Waals surface area contributed by atoms with Crippen LogP contribution in [0.5, 0.6) is 0 Å². The molecule has 5 heteroatoms. The maximum Gasteiger partial charge on any atom is 0.315 e. The van der Waals surface area contributed by atoms with Gasteiger partial charge in [-0.05, 0) is 36.4 Å². The van der Waals surface area contributed by atoms with Crippen LogP contribution < -0.4 is 10.6 Å². The lowest BCUT2D eigenvalue weighted by atomic mass is 10.2. The summed E-state index contributed by atoms with van der Waals surface area (Å²) in [5, 5.41) is 7.86. The number of rotatable bonds is 4.